The summed E-state index contributed by atoms with van der Waals surface area (Å²) < 4.78 is 0. The van der Waals surface area contributed by atoms with Crippen LogP contribution in [0.4, 0.5) is 0 Å². The van der Waals surface area contributed by atoms with Crippen molar-refractivity contribution in [2.75, 3.05) is 11.5 Å². The van der Waals surface area contributed by atoms with Gasteiger partial charge in [0.1, 0.15) is 11.4 Å². The second kappa shape index (κ2) is 7.59. The number of halogens is 2. The molecular weight excluding hydrogens is 369 g/mol. The van der Waals surface area contributed by atoms with Crippen LogP contribution < -0.4 is 10.9 Å². The summed E-state index contributed by atoms with van der Waals surface area (Å²) in [6.45, 7) is 0. The third-order valence-electron chi connectivity index (χ3n) is 3.77. The summed E-state index contributed by atoms with van der Waals surface area (Å²) in [5.74, 6) is 1.92. The van der Waals surface area contributed by atoms with Gasteiger partial charge in [0.05, 0.1) is 0 Å². The zero-order valence-corrected chi connectivity index (χ0v) is 15.0. The highest BCUT2D eigenvalue weighted by Crippen LogP contribution is 2.25. The lowest BCUT2D eigenvalue weighted by atomic mass is 10.1. The van der Waals surface area contributed by atoms with Crippen LogP contribution >= 0.6 is 35.0 Å². The average Bonchev–Trinajstić information content (AvgIpc) is 3.04. The van der Waals surface area contributed by atoms with E-state index in [0.29, 0.717) is 21.4 Å². The minimum atomic E-state index is -0.466. The van der Waals surface area contributed by atoms with Crippen LogP contribution in [0.3, 0.4) is 0 Å². The molecule has 8 heteroatoms. The molecule has 0 bridgehead atoms. The fourth-order valence-electron chi connectivity index (χ4n) is 2.46. The molecule has 1 aromatic heterocycles. The molecule has 2 N–H and O–H groups in total. The maximum absolute atomic E-state index is 12.2. The van der Waals surface area contributed by atoms with Crippen molar-refractivity contribution < 1.29 is 4.79 Å². The minimum Gasteiger partial charge on any atom is -0.348 e. The van der Waals surface area contributed by atoms with Crippen LogP contribution in [-0.4, -0.2) is 33.4 Å². The highest BCUT2D eigenvalue weighted by atomic mass is 35.5. The summed E-state index contributed by atoms with van der Waals surface area (Å²) in [5, 5.41) is 3.87. The van der Waals surface area contributed by atoms with Crippen molar-refractivity contribution in [2.45, 2.75) is 18.9 Å². The molecule has 2 heterocycles. The van der Waals surface area contributed by atoms with Crippen LogP contribution in [0.2, 0.25) is 10.0 Å². The van der Waals surface area contributed by atoms with Crippen LogP contribution in [0.15, 0.2) is 29.2 Å². The van der Waals surface area contributed by atoms with Gasteiger partial charge in [0, 0.05) is 34.5 Å². The number of thioether (sulfide) groups is 1. The van der Waals surface area contributed by atoms with Crippen molar-refractivity contribution in [3.8, 4) is 0 Å². The number of aromatic nitrogens is 2. The van der Waals surface area contributed by atoms with E-state index in [0.717, 1.165) is 17.9 Å². The lowest BCUT2D eigenvalue weighted by Crippen LogP contribution is -2.37. The normalized spacial score (nSPS) is 17.0. The third-order valence-corrected chi connectivity index (χ3v) is 5.64. The summed E-state index contributed by atoms with van der Waals surface area (Å²) in [7, 11) is 0. The van der Waals surface area contributed by atoms with E-state index in [2.05, 4.69) is 15.3 Å². The molecule has 0 saturated carbocycles. The van der Waals surface area contributed by atoms with Gasteiger partial charge in [0.25, 0.3) is 11.5 Å². The van der Waals surface area contributed by atoms with E-state index in [1.165, 1.54) is 6.20 Å². The number of H-pyrrole nitrogens is 1. The molecule has 1 aliphatic rings. The van der Waals surface area contributed by atoms with Gasteiger partial charge in [-0.1, -0.05) is 29.3 Å². The first-order valence-corrected chi connectivity index (χ1v) is 9.35. The minimum absolute atomic E-state index is 0.0147. The standard InChI is InChI=1S/C16H15Cl2N3O2S/c17-12-2-1-3-13(18)10(12)6-14-19-7-11(16(23)21-14)15(22)20-9-4-5-24-8-9/h1-3,7,9H,4-6,8H2,(H,20,22)(H,19,21,23)/t9-/m1/s1. The topological polar surface area (TPSA) is 74.8 Å². The molecule has 0 unspecified atom stereocenters. The Morgan fingerprint density at radius 3 is 2.75 bits per heavy atom. The van der Waals surface area contributed by atoms with Crippen molar-refractivity contribution in [3.63, 3.8) is 0 Å². The van der Waals surface area contributed by atoms with Crippen molar-refractivity contribution in [2.24, 2.45) is 0 Å². The van der Waals surface area contributed by atoms with Gasteiger partial charge in [-0.2, -0.15) is 11.8 Å². The van der Waals surface area contributed by atoms with Gasteiger partial charge in [0.15, 0.2) is 0 Å². The number of carbonyl (C=O) groups excluding carboxylic acids is 1. The van der Waals surface area contributed by atoms with E-state index in [4.69, 9.17) is 23.2 Å². The largest absolute Gasteiger partial charge is 0.348 e. The number of nitrogens with one attached hydrogen (secondary N) is 2. The summed E-state index contributed by atoms with van der Waals surface area (Å²) >= 11 is 14.0. The lowest BCUT2D eigenvalue weighted by Gasteiger charge is -2.11. The Kier molecular flexibility index (Phi) is 5.48. The molecule has 1 atom stereocenters. The molecule has 3 rings (SSSR count). The average molecular weight is 384 g/mol. The van der Waals surface area contributed by atoms with Crippen LogP contribution in [-0.2, 0) is 6.42 Å². The molecule has 0 aliphatic carbocycles. The zero-order chi connectivity index (χ0) is 17.1. The van der Waals surface area contributed by atoms with E-state index < -0.39 is 11.5 Å². The van der Waals surface area contributed by atoms with Gasteiger partial charge < -0.3 is 10.3 Å². The Balaban J connectivity index is 1.77. The molecule has 5 nitrogen and oxygen atoms in total. The first-order valence-electron chi connectivity index (χ1n) is 7.44. The molecule has 1 saturated heterocycles. The van der Waals surface area contributed by atoms with Crippen LogP contribution in [0, 0.1) is 0 Å². The van der Waals surface area contributed by atoms with E-state index in [1.807, 2.05) is 0 Å². The molecule has 1 fully saturated rings. The highest BCUT2D eigenvalue weighted by Gasteiger charge is 2.20. The Morgan fingerprint density at radius 2 is 2.12 bits per heavy atom. The van der Waals surface area contributed by atoms with Crippen molar-refractivity contribution in [1.82, 2.24) is 15.3 Å². The first kappa shape index (κ1) is 17.3. The van der Waals surface area contributed by atoms with Crippen LogP contribution in [0.5, 0.6) is 0 Å². The molecule has 0 radical (unpaired) electrons. The number of hydrogen-bond donors (Lipinski definition) is 2. The quantitative estimate of drug-likeness (QED) is 0.850. The number of aromatic amines is 1. The summed E-state index contributed by atoms with van der Waals surface area (Å²) in [6.07, 6.45) is 2.51. The van der Waals surface area contributed by atoms with Crippen molar-refractivity contribution >= 4 is 40.9 Å². The Bertz CT molecular complexity index is 799. The molecule has 24 heavy (non-hydrogen) atoms. The van der Waals surface area contributed by atoms with Gasteiger partial charge in [0.2, 0.25) is 0 Å². The Hall–Kier alpha value is -1.50. The summed E-state index contributed by atoms with van der Waals surface area (Å²) in [4.78, 5) is 31.2. The molecule has 1 aliphatic heterocycles. The zero-order valence-electron chi connectivity index (χ0n) is 12.6. The van der Waals surface area contributed by atoms with E-state index >= 15 is 0 Å². The maximum Gasteiger partial charge on any atom is 0.263 e. The van der Waals surface area contributed by atoms with Gasteiger partial charge in [-0.25, -0.2) is 4.98 Å². The summed E-state index contributed by atoms with van der Waals surface area (Å²) in [6, 6.07) is 5.31. The molecule has 1 aromatic carbocycles. The van der Waals surface area contributed by atoms with E-state index in [1.54, 1.807) is 30.0 Å². The fourth-order valence-corrected chi connectivity index (χ4v) is 4.15. The molecule has 2 aromatic rings. The van der Waals surface area contributed by atoms with E-state index in [-0.39, 0.29) is 18.0 Å². The fraction of sp³-hybridized carbons (Fsp3) is 0.312. The number of rotatable bonds is 4. The smallest absolute Gasteiger partial charge is 0.263 e. The predicted octanol–water partition coefficient (Wildman–Crippen LogP) is 2.90. The SMILES string of the molecule is O=C(N[C@@H]1CCSC1)c1cnc(Cc2c(Cl)cccc2Cl)[nH]c1=O. The number of benzene rings is 1. The van der Waals surface area contributed by atoms with Gasteiger partial charge in [-0.3, -0.25) is 9.59 Å². The maximum atomic E-state index is 12.2. The lowest BCUT2D eigenvalue weighted by molar-refractivity contribution is 0.0939. The number of carbonyl (C=O) groups is 1. The van der Waals surface area contributed by atoms with Crippen molar-refractivity contribution in [3.05, 3.63) is 61.7 Å². The van der Waals surface area contributed by atoms with Gasteiger partial charge >= 0.3 is 0 Å². The molecular formula is C16H15Cl2N3O2S. The second-order valence-electron chi connectivity index (χ2n) is 5.48. The number of nitrogens with zero attached hydrogens (tertiary/aromatic N) is 1. The van der Waals surface area contributed by atoms with Crippen LogP contribution in [0.25, 0.3) is 0 Å². The predicted molar refractivity (Wildman–Crippen MR) is 97.3 cm³/mol. The first-order chi connectivity index (χ1) is 11.5. The Morgan fingerprint density at radius 1 is 1.38 bits per heavy atom. The molecule has 0 spiro atoms. The van der Waals surface area contributed by atoms with Crippen LogP contribution in [0.1, 0.15) is 28.2 Å². The van der Waals surface area contributed by atoms with Gasteiger partial charge in [-0.15, -0.1) is 0 Å². The Labute approximate surface area is 153 Å². The number of amides is 1. The van der Waals surface area contributed by atoms with Gasteiger partial charge in [-0.05, 0) is 29.9 Å². The summed E-state index contributed by atoms with van der Waals surface area (Å²) in [5.41, 5.74) is 0.233. The monoisotopic (exact) mass is 383 g/mol. The van der Waals surface area contributed by atoms with Crippen molar-refractivity contribution in [1.29, 1.82) is 0 Å². The molecule has 126 valence electrons. The number of hydrogen-bond acceptors (Lipinski definition) is 4. The van der Waals surface area contributed by atoms with E-state index in [9.17, 15) is 9.59 Å². The third kappa shape index (κ3) is 3.94. The molecule has 1 amide bonds. The highest BCUT2D eigenvalue weighted by molar-refractivity contribution is 7.99. The second-order valence-corrected chi connectivity index (χ2v) is 7.45.